The Morgan fingerprint density at radius 2 is 1.86 bits per heavy atom. The van der Waals surface area contributed by atoms with Gasteiger partial charge in [0.15, 0.2) is 0 Å². The Labute approximate surface area is 95.5 Å². The molecule has 14 heavy (non-hydrogen) atoms. The van der Waals surface area contributed by atoms with Crippen molar-refractivity contribution in [1.82, 2.24) is 0 Å². The predicted molar refractivity (Wildman–Crippen MR) is 63.7 cm³/mol. The van der Waals surface area contributed by atoms with E-state index in [1.807, 2.05) is 24.3 Å². The van der Waals surface area contributed by atoms with Gasteiger partial charge in [-0.05, 0) is 43.7 Å². The Balaban J connectivity index is 2.48. The van der Waals surface area contributed by atoms with Crippen LogP contribution in [0.1, 0.15) is 12.8 Å². The van der Waals surface area contributed by atoms with E-state index < -0.39 is 10.8 Å². The summed E-state index contributed by atoms with van der Waals surface area (Å²) in [6.45, 7) is 0.678. The summed E-state index contributed by atoms with van der Waals surface area (Å²) < 4.78 is 12.7. The Bertz CT molecular complexity index is 299. The molecule has 78 valence electrons. The second kappa shape index (κ2) is 6.32. The van der Waals surface area contributed by atoms with E-state index in [0.29, 0.717) is 12.3 Å². The number of benzene rings is 1. The fourth-order valence-corrected chi connectivity index (χ4v) is 2.49. The molecule has 0 aliphatic heterocycles. The first-order valence-corrected chi connectivity index (χ1v) is 6.69. The van der Waals surface area contributed by atoms with Crippen molar-refractivity contribution in [3.63, 3.8) is 0 Å². The SMILES string of the molecule is NCCCCS(=O)c1ccc(Br)cc1. The first-order chi connectivity index (χ1) is 6.74. The summed E-state index contributed by atoms with van der Waals surface area (Å²) in [6, 6.07) is 7.61. The molecule has 2 N–H and O–H groups in total. The molecule has 1 atom stereocenters. The molecule has 0 aliphatic carbocycles. The normalized spacial score (nSPS) is 12.7. The van der Waals surface area contributed by atoms with Gasteiger partial charge in [0, 0.05) is 15.1 Å². The summed E-state index contributed by atoms with van der Waals surface area (Å²) in [4.78, 5) is 0.894. The van der Waals surface area contributed by atoms with Crippen molar-refractivity contribution >= 4 is 26.7 Å². The van der Waals surface area contributed by atoms with Crippen molar-refractivity contribution in [3.8, 4) is 0 Å². The third kappa shape index (κ3) is 3.90. The quantitative estimate of drug-likeness (QED) is 0.838. The van der Waals surface area contributed by atoms with Gasteiger partial charge < -0.3 is 5.73 Å². The fourth-order valence-electron chi connectivity index (χ4n) is 1.08. The molecule has 0 aromatic heterocycles. The highest BCUT2D eigenvalue weighted by atomic mass is 79.9. The summed E-state index contributed by atoms with van der Waals surface area (Å²) in [5, 5.41) is 0. The zero-order valence-corrected chi connectivity index (χ0v) is 10.3. The van der Waals surface area contributed by atoms with Crippen molar-refractivity contribution in [2.75, 3.05) is 12.3 Å². The first kappa shape index (κ1) is 11.9. The Hall–Kier alpha value is -0.190. The van der Waals surface area contributed by atoms with E-state index in [4.69, 9.17) is 5.73 Å². The lowest BCUT2D eigenvalue weighted by Gasteiger charge is -2.01. The van der Waals surface area contributed by atoms with Crippen LogP contribution >= 0.6 is 15.9 Å². The first-order valence-electron chi connectivity index (χ1n) is 4.58. The Kier molecular flexibility index (Phi) is 5.37. The number of hydrogen-bond donors (Lipinski definition) is 1. The lowest BCUT2D eigenvalue weighted by atomic mass is 10.3. The highest BCUT2D eigenvalue weighted by Crippen LogP contribution is 2.14. The zero-order chi connectivity index (χ0) is 10.4. The van der Waals surface area contributed by atoms with Gasteiger partial charge in [-0.15, -0.1) is 0 Å². The summed E-state index contributed by atoms with van der Waals surface area (Å²) >= 11 is 3.34. The molecular formula is C10H14BrNOS. The van der Waals surface area contributed by atoms with Crippen LogP contribution in [0, 0.1) is 0 Å². The van der Waals surface area contributed by atoms with Crippen LogP contribution in [-0.2, 0) is 10.8 Å². The molecule has 1 rings (SSSR count). The van der Waals surface area contributed by atoms with E-state index in [2.05, 4.69) is 15.9 Å². The lowest BCUT2D eigenvalue weighted by molar-refractivity contribution is 0.678. The molecule has 0 aliphatic rings. The minimum Gasteiger partial charge on any atom is -0.330 e. The highest BCUT2D eigenvalue weighted by Gasteiger charge is 2.02. The van der Waals surface area contributed by atoms with Crippen molar-refractivity contribution in [2.45, 2.75) is 17.7 Å². The van der Waals surface area contributed by atoms with Gasteiger partial charge in [0.05, 0.1) is 10.8 Å². The van der Waals surface area contributed by atoms with Crippen molar-refractivity contribution in [2.24, 2.45) is 5.73 Å². The smallest absolute Gasteiger partial charge is 0.0529 e. The van der Waals surface area contributed by atoms with Gasteiger partial charge >= 0.3 is 0 Å². The van der Waals surface area contributed by atoms with E-state index >= 15 is 0 Å². The number of nitrogens with two attached hydrogens (primary N) is 1. The number of halogens is 1. The monoisotopic (exact) mass is 275 g/mol. The molecule has 1 aromatic carbocycles. The molecule has 0 bridgehead atoms. The van der Waals surface area contributed by atoms with Gasteiger partial charge in [0.1, 0.15) is 0 Å². The van der Waals surface area contributed by atoms with Crippen LogP contribution in [0.25, 0.3) is 0 Å². The van der Waals surface area contributed by atoms with Crippen LogP contribution in [0.5, 0.6) is 0 Å². The second-order valence-electron chi connectivity index (χ2n) is 3.00. The topological polar surface area (TPSA) is 43.1 Å². The molecule has 0 amide bonds. The van der Waals surface area contributed by atoms with Gasteiger partial charge in [0.25, 0.3) is 0 Å². The molecule has 2 nitrogen and oxygen atoms in total. The maximum Gasteiger partial charge on any atom is 0.0529 e. The van der Waals surface area contributed by atoms with Crippen molar-refractivity contribution in [1.29, 1.82) is 0 Å². The average molecular weight is 276 g/mol. The maximum absolute atomic E-state index is 11.7. The summed E-state index contributed by atoms with van der Waals surface area (Å²) in [6.07, 6.45) is 1.88. The van der Waals surface area contributed by atoms with Crippen LogP contribution in [0.2, 0.25) is 0 Å². The molecule has 0 spiro atoms. The van der Waals surface area contributed by atoms with E-state index in [1.165, 1.54) is 0 Å². The standard InChI is InChI=1S/C10H14BrNOS/c11-9-3-5-10(6-4-9)14(13)8-2-1-7-12/h3-6H,1-2,7-8,12H2. The molecular weight excluding hydrogens is 262 g/mol. The maximum atomic E-state index is 11.7. The lowest BCUT2D eigenvalue weighted by Crippen LogP contribution is -2.03. The van der Waals surface area contributed by atoms with Crippen molar-refractivity contribution < 1.29 is 4.21 Å². The van der Waals surface area contributed by atoms with Gasteiger partial charge in [-0.2, -0.15) is 0 Å². The van der Waals surface area contributed by atoms with E-state index in [1.54, 1.807) is 0 Å². The number of unbranched alkanes of at least 4 members (excludes halogenated alkanes) is 1. The third-order valence-electron chi connectivity index (χ3n) is 1.86. The van der Waals surface area contributed by atoms with Crippen LogP contribution in [0.3, 0.4) is 0 Å². The average Bonchev–Trinajstić information content (AvgIpc) is 2.19. The van der Waals surface area contributed by atoms with E-state index in [0.717, 1.165) is 22.2 Å². The van der Waals surface area contributed by atoms with Gasteiger partial charge in [-0.25, -0.2) is 0 Å². The van der Waals surface area contributed by atoms with Crippen LogP contribution in [0.4, 0.5) is 0 Å². The summed E-state index contributed by atoms with van der Waals surface area (Å²) in [5.74, 6) is 0.707. The molecule has 1 unspecified atom stereocenters. The zero-order valence-electron chi connectivity index (χ0n) is 7.91. The van der Waals surface area contributed by atoms with E-state index in [-0.39, 0.29) is 0 Å². The molecule has 0 saturated carbocycles. The molecule has 0 radical (unpaired) electrons. The molecule has 4 heteroatoms. The second-order valence-corrected chi connectivity index (χ2v) is 5.49. The third-order valence-corrected chi connectivity index (χ3v) is 3.85. The molecule has 0 heterocycles. The predicted octanol–water partition coefficient (Wildman–Crippen LogP) is 2.30. The fraction of sp³-hybridized carbons (Fsp3) is 0.400. The van der Waals surface area contributed by atoms with Crippen molar-refractivity contribution in [3.05, 3.63) is 28.7 Å². The van der Waals surface area contributed by atoms with Gasteiger partial charge in [-0.3, -0.25) is 4.21 Å². The van der Waals surface area contributed by atoms with Crippen LogP contribution < -0.4 is 5.73 Å². The van der Waals surface area contributed by atoms with Gasteiger partial charge in [-0.1, -0.05) is 15.9 Å². The van der Waals surface area contributed by atoms with Gasteiger partial charge in [0.2, 0.25) is 0 Å². The molecule has 0 fully saturated rings. The number of hydrogen-bond acceptors (Lipinski definition) is 2. The Morgan fingerprint density at radius 3 is 2.43 bits per heavy atom. The summed E-state index contributed by atoms with van der Waals surface area (Å²) in [7, 11) is -0.870. The molecule has 0 saturated heterocycles. The number of rotatable bonds is 5. The Morgan fingerprint density at radius 1 is 1.21 bits per heavy atom. The minimum absolute atomic E-state index is 0.678. The minimum atomic E-state index is -0.870. The largest absolute Gasteiger partial charge is 0.330 e. The summed E-state index contributed by atoms with van der Waals surface area (Å²) in [5.41, 5.74) is 5.37. The van der Waals surface area contributed by atoms with E-state index in [9.17, 15) is 4.21 Å². The highest BCUT2D eigenvalue weighted by molar-refractivity contribution is 9.10. The van der Waals surface area contributed by atoms with Crippen LogP contribution in [-0.4, -0.2) is 16.5 Å². The molecule has 1 aromatic rings. The van der Waals surface area contributed by atoms with Crippen LogP contribution in [0.15, 0.2) is 33.6 Å².